The quantitative estimate of drug-likeness (QED) is 0.854. The molecule has 1 saturated heterocycles. The molecule has 0 aromatic carbocycles. The smallest absolute Gasteiger partial charge is 0.0726 e. The van der Waals surface area contributed by atoms with E-state index in [1.54, 1.807) is 11.3 Å². The highest BCUT2D eigenvalue weighted by atomic mass is 32.1. The fraction of sp³-hybridized carbons (Fsp3) is 0.667. The van der Waals surface area contributed by atoms with Crippen molar-refractivity contribution in [2.24, 2.45) is 5.73 Å². The summed E-state index contributed by atoms with van der Waals surface area (Å²) in [6.45, 7) is 0.900. The molecule has 1 fully saturated rings. The monoisotopic (exact) mass is 225 g/mol. The second kappa shape index (κ2) is 5.64. The molecule has 2 nitrogen and oxygen atoms in total. The third-order valence-electron chi connectivity index (χ3n) is 3.04. The minimum absolute atomic E-state index is 0.213. The first-order chi connectivity index (χ1) is 7.36. The van der Waals surface area contributed by atoms with E-state index in [4.69, 9.17) is 10.5 Å². The zero-order chi connectivity index (χ0) is 10.5. The fourth-order valence-corrected chi connectivity index (χ4v) is 2.76. The fourth-order valence-electron chi connectivity index (χ4n) is 2.06. The summed E-state index contributed by atoms with van der Waals surface area (Å²) < 4.78 is 5.69. The Balaban J connectivity index is 1.74. The van der Waals surface area contributed by atoms with Gasteiger partial charge in [-0.1, -0.05) is 0 Å². The molecule has 2 atom stereocenters. The molecule has 1 aliphatic rings. The molecule has 1 aliphatic heterocycles. The summed E-state index contributed by atoms with van der Waals surface area (Å²) in [6.07, 6.45) is 6.05. The van der Waals surface area contributed by atoms with Crippen molar-refractivity contribution in [1.29, 1.82) is 0 Å². The van der Waals surface area contributed by atoms with Crippen molar-refractivity contribution in [2.45, 2.75) is 44.2 Å². The van der Waals surface area contributed by atoms with Crippen molar-refractivity contribution in [1.82, 2.24) is 0 Å². The minimum atomic E-state index is 0.213. The van der Waals surface area contributed by atoms with Gasteiger partial charge in [0.1, 0.15) is 0 Å². The van der Waals surface area contributed by atoms with Gasteiger partial charge in [-0.25, -0.2) is 0 Å². The van der Waals surface area contributed by atoms with Crippen molar-refractivity contribution in [3.05, 3.63) is 22.4 Å². The van der Waals surface area contributed by atoms with E-state index < -0.39 is 0 Å². The molecule has 2 heterocycles. The molecule has 1 aromatic rings. The first-order valence-corrected chi connectivity index (χ1v) is 6.69. The lowest BCUT2D eigenvalue weighted by Crippen LogP contribution is -2.39. The van der Waals surface area contributed by atoms with Crippen LogP contribution >= 0.6 is 11.3 Å². The highest BCUT2D eigenvalue weighted by Gasteiger charge is 2.20. The molecule has 0 aliphatic carbocycles. The molecule has 2 rings (SSSR count). The lowest BCUT2D eigenvalue weighted by atomic mass is 9.98. The zero-order valence-electron chi connectivity index (χ0n) is 9.02. The molecule has 2 unspecified atom stereocenters. The van der Waals surface area contributed by atoms with Crippen molar-refractivity contribution in [3.63, 3.8) is 0 Å². The van der Waals surface area contributed by atoms with Gasteiger partial charge in [-0.3, -0.25) is 0 Å². The van der Waals surface area contributed by atoms with Crippen LogP contribution < -0.4 is 5.73 Å². The summed E-state index contributed by atoms with van der Waals surface area (Å²) >= 11 is 1.75. The van der Waals surface area contributed by atoms with Crippen LogP contribution in [-0.4, -0.2) is 18.8 Å². The third-order valence-corrected chi connectivity index (χ3v) is 3.77. The van der Waals surface area contributed by atoms with Gasteiger partial charge in [0, 0.05) is 12.6 Å². The number of hydrogen-bond acceptors (Lipinski definition) is 3. The topological polar surface area (TPSA) is 35.2 Å². The molecule has 0 amide bonds. The van der Waals surface area contributed by atoms with Gasteiger partial charge in [-0.2, -0.15) is 11.3 Å². The number of hydrogen-bond donors (Lipinski definition) is 1. The molecule has 3 heteroatoms. The van der Waals surface area contributed by atoms with E-state index in [-0.39, 0.29) is 6.04 Å². The van der Waals surface area contributed by atoms with Gasteiger partial charge in [-0.15, -0.1) is 0 Å². The molecule has 0 spiro atoms. The Kier molecular flexibility index (Phi) is 4.18. The van der Waals surface area contributed by atoms with Crippen LogP contribution in [0.4, 0.5) is 0 Å². The van der Waals surface area contributed by atoms with Gasteiger partial charge in [0.2, 0.25) is 0 Å². The molecule has 15 heavy (non-hydrogen) atoms. The maximum absolute atomic E-state index is 6.14. The second-order valence-corrected chi connectivity index (χ2v) is 5.02. The Labute approximate surface area is 95.4 Å². The summed E-state index contributed by atoms with van der Waals surface area (Å²) in [5.74, 6) is 0. The number of aryl methyl sites for hydroxylation is 1. The van der Waals surface area contributed by atoms with Gasteiger partial charge < -0.3 is 10.5 Å². The maximum atomic E-state index is 6.14. The average Bonchev–Trinajstić information content (AvgIpc) is 2.80. The highest BCUT2D eigenvalue weighted by Crippen LogP contribution is 2.18. The molecule has 84 valence electrons. The second-order valence-electron chi connectivity index (χ2n) is 4.24. The molecule has 0 radical (unpaired) electrons. The number of nitrogens with two attached hydrogens (primary N) is 1. The standard InChI is InChI=1S/C12H19NOS/c13-11(12-3-1-2-7-14-12)5-4-10-6-8-15-9-10/h6,8-9,11-12H,1-5,7,13H2. The van der Waals surface area contributed by atoms with Crippen molar-refractivity contribution < 1.29 is 4.74 Å². The normalized spacial score (nSPS) is 23.9. The third kappa shape index (κ3) is 3.30. The number of thiophene rings is 1. The summed E-state index contributed by atoms with van der Waals surface area (Å²) in [5.41, 5.74) is 7.55. The Hall–Kier alpha value is -0.380. The van der Waals surface area contributed by atoms with E-state index in [1.165, 1.54) is 18.4 Å². The van der Waals surface area contributed by atoms with Crippen LogP contribution in [0.15, 0.2) is 16.8 Å². The van der Waals surface area contributed by atoms with Crippen LogP contribution in [0.1, 0.15) is 31.2 Å². The Morgan fingerprint density at radius 1 is 1.53 bits per heavy atom. The van der Waals surface area contributed by atoms with E-state index in [0.717, 1.165) is 25.9 Å². The number of rotatable bonds is 4. The molecule has 0 bridgehead atoms. The van der Waals surface area contributed by atoms with Gasteiger partial charge in [0.05, 0.1) is 6.10 Å². The minimum Gasteiger partial charge on any atom is -0.377 e. The molecule has 2 N–H and O–H groups in total. The van der Waals surface area contributed by atoms with Crippen LogP contribution in [0.3, 0.4) is 0 Å². The predicted molar refractivity (Wildman–Crippen MR) is 64.2 cm³/mol. The van der Waals surface area contributed by atoms with E-state index in [9.17, 15) is 0 Å². The first kappa shape index (κ1) is 11.1. The SMILES string of the molecule is NC(CCc1ccsc1)C1CCCCO1. The van der Waals surface area contributed by atoms with Gasteiger partial charge in [0.15, 0.2) is 0 Å². The summed E-state index contributed by atoms with van der Waals surface area (Å²) in [5, 5.41) is 4.33. The van der Waals surface area contributed by atoms with Crippen LogP contribution in [0, 0.1) is 0 Å². The molecular weight excluding hydrogens is 206 g/mol. The molecular formula is C12H19NOS. The van der Waals surface area contributed by atoms with Crippen LogP contribution in [0.25, 0.3) is 0 Å². The Bertz CT molecular complexity index is 267. The maximum Gasteiger partial charge on any atom is 0.0726 e. The lowest BCUT2D eigenvalue weighted by Gasteiger charge is -2.27. The average molecular weight is 225 g/mol. The predicted octanol–water partition coefficient (Wildman–Crippen LogP) is 2.58. The van der Waals surface area contributed by atoms with E-state index >= 15 is 0 Å². The zero-order valence-corrected chi connectivity index (χ0v) is 9.84. The highest BCUT2D eigenvalue weighted by molar-refractivity contribution is 7.07. The van der Waals surface area contributed by atoms with Crippen molar-refractivity contribution in [2.75, 3.05) is 6.61 Å². The lowest BCUT2D eigenvalue weighted by molar-refractivity contribution is -0.000926. The van der Waals surface area contributed by atoms with Crippen molar-refractivity contribution in [3.8, 4) is 0 Å². The van der Waals surface area contributed by atoms with Crippen LogP contribution in [-0.2, 0) is 11.2 Å². The summed E-state index contributed by atoms with van der Waals surface area (Å²) in [7, 11) is 0. The molecule has 1 aromatic heterocycles. The van der Waals surface area contributed by atoms with Gasteiger partial charge >= 0.3 is 0 Å². The number of ether oxygens (including phenoxy) is 1. The van der Waals surface area contributed by atoms with Crippen molar-refractivity contribution >= 4 is 11.3 Å². The van der Waals surface area contributed by atoms with Crippen LogP contribution in [0.2, 0.25) is 0 Å². The van der Waals surface area contributed by atoms with Gasteiger partial charge in [-0.05, 0) is 54.5 Å². The van der Waals surface area contributed by atoms with E-state index in [2.05, 4.69) is 16.8 Å². The molecule has 0 saturated carbocycles. The van der Waals surface area contributed by atoms with Crippen LogP contribution in [0.5, 0.6) is 0 Å². The van der Waals surface area contributed by atoms with Gasteiger partial charge in [0.25, 0.3) is 0 Å². The summed E-state index contributed by atoms with van der Waals surface area (Å²) in [4.78, 5) is 0. The first-order valence-electron chi connectivity index (χ1n) is 5.74. The largest absolute Gasteiger partial charge is 0.377 e. The Morgan fingerprint density at radius 2 is 2.47 bits per heavy atom. The summed E-state index contributed by atoms with van der Waals surface area (Å²) in [6, 6.07) is 2.39. The Morgan fingerprint density at radius 3 is 3.13 bits per heavy atom. The van der Waals surface area contributed by atoms with E-state index in [1.807, 2.05) is 0 Å². The van der Waals surface area contributed by atoms with E-state index in [0.29, 0.717) is 6.10 Å².